The number of aromatic nitrogens is 1. The first kappa shape index (κ1) is 26.3. The van der Waals surface area contributed by atoms with Gasteiger partial charge in [0.2, 0.25) is 11.8 Å². The van der Waals surface area contributed by atoms with Gasteiger partial charge in [-0.15, -0.1) is 0 Å². The van der Waals surface area contributed by atoms with Gasteiger partial charge in [0, 0.05) is 29.9 Å². The Kier molecular flexibility index (Phi) is 7.96. The standard InChI is InChI=1S/C29H31N5O4/c1-17(19-6-5-7-22(14-19)33-18(2)35)32-29(36)27(21-8-11-25(37-3)26(16-21)38-4)34-23-9-10-24-20(15-23)12-13-31-28(24)30/h5-17,27,34H,1-4H3,(H2,30,31)(H,32,36)(H,33,35). The molecule has 5 N–H and O–H groups in total. The van der Waals surface area contributed by atoms with Crippen LogP contribution in [-0.4, -0.2) is 31.0 Å². The molecule has 196 valence electrons. The third-order valence-electron chi connectivity index (χ3n) is 6.18. The van der Waals surface area contributed by atoms with Gasteiger partial charge in [0.1, 0.15) is 11.9 Å². The number of ether oxygens (including phenoxy) is 2. The maximum absolute atomic E-state index is 13.7. The number of nitrogens with zero attached hydrogens (tertiary/aromatic N) is 1. The number of rotatable bonds is 9. The number of amides is 2. The fourth-order valence-corrected chi connectivity index (χ4v) is 4.26. The van der Waals surface area contributed by atoms with Crippen molar-refractivity contribution in [3.8, 4) is 11.5 Å². The Balaban J connectivity index is 1.66. The van der Waals surface area contributed by atoms with E-state index in [0.29, 0.717) is 28.6 Å². The summed E-state index contributed by atoms with van der Waals surface area (Å²) in [6, 6.07) is 19.2. The Morgan fingerprint density at radius 1 is 0.895 bits per heavy atom. The molecule has 2 atom stereocenters. The molecule has 0 aliphatic heterocycles. The molecule has 2 unspecified atom stereocenters. The van der Waals surface area contributed by atoms with E-state index in [2.05, 4.69) is 20.9 Å². The quantitative estimate of drug-likeness (QED) is 0.253. The number of benzene rings is 3. The predicted molar refractivity (Wildman–Crippen MR) is 149 cm³/mol. The van der Waals surface area contributed by atoms with Crippen molar-refractivity contribution >= 4 is 39.8 Å². The first-order valence-corrected chi connectivity index (χ1v) is 12.1. The number of methoxy groups -OCH3 is 2. The topological polar surface area (TPSA) is 128 Å². The first-order chi connectivity index (χ1) is 18.3. The van der Waals surface area contributed by atoms with E-state index in [1.165, 1.54) is 6.92 Å². The molecule has 0 saturated heterocycles. The number of carbonyl (C=O) groups excluding carboxylic acids is 2. The highest BCUT2D eigenvalue weighted by molar-refractivity contribution is 5.94. The summed E-state index contributed by atoms with van der Waals surface area (Å²) in [6.45, 7) is 3.34. The molecule has 2 amide bonds. The lowest BCUT2D eigenvalue weighted by Gasteiger charge is -2.24. The molecule has 9 nitrogen and oxygen atoms in total. The molecule has 0 spiro atoms. The van der Waals surface area contributed by atoms with Crippen LogP contribution in [0.2, 0.25) is 0 Å². The molecule has 0 saturated carbocycles. The molecule has 0 aliphatic carbocycles. The Labute approximate surface area is 221 Å². The van der Waals surface area contributed by atoms with E-state index < -0.39 is 6.04 Å². The minimum Gasteiger partial charge on any atom is -0.493 e. The van der Waals surface area contributed by atoms with Gasteiger partial charge in [-0.05, 0) is 72.0 Å². The summed E-state index contributed by atoms with van der Waals surface area (Å²) >= 11 is 0. The zero-order chi connectivity index (χ0) is 27.2. The Morgan fingerprint density at radius 3 is 2.42 bits per heavy atom. The number of anilines is 3. The average Bonchev–Trinajstić information content (AvgIpc) is 2.91. The minimum atomic E-state index is -0.757. The maximum Gasteiger partial charge on any atom is 0.247 e. The third-order valence-corrected chi connectivity index (χ3v) is 6.18. The highest BCUT2D eigenvalue weighted by Crippen LogP contribution is 2.33. The van der Waals surface area contributed by atoms with Gasteiger partial charge in [0.05, 0.1) is 20.3 Å². The SMILES string of the molecule is COc1ccc(C(Nc2ccc3c(N)nccc3c2)C(=O)NC(C)c2cccc(NC(C)=O)c2)cc1OC. The average molecular weight is 514 g/mol. The molecule has 1 heterocycles. The second kappa shape index (κ2) is 11.5. The number of carbonyl (C=O) groups is 2. The van der Waals surface area contributed by atoms with Gasteiger partial charge in [-0.1, -0.05) is 18.2 Å². The number of nitrogens with one attached hydrogen (secondary N) is 3. The van der Waals surface area contributed by atoms with Crippen LogP contribution in [0.15, 0.2) is 72.9 Å². The van der Waals surface area contributed by atoms with Crippen LogP contribution < -0.4 is 31.2 Å². The number of nitrogens with two attached hydrogens (primary N) is 1. The molecule has 0 radical (unpaired) electrons. The summed E-state index contributed by atoms with van der Waals surface area (Å²) in [7, 11) is 3.11. The predicted octanol–water partition coefficient (Wildman–Crippen LogP) is 4.82. The van der Waals surface area contributed by atoms with E-state index in [4.69, 9.17) is 15.2 Å². The zero-order valence-corrected chi connectivity index (χ0v) is 21.7. The lowest BCUT2D eigenvalue weighted by Crippen LogP contribution is -2.35. The second-order valence-electron chi connectivity index (χ2n) is 8.86. The highest BCUT2D eigenvalue weighted by Gasteiger charge is 2.24. The fraction of sp³-hybridized carbons (Fsp3) is 0.207. The van der Waals surface area contributed by atoms with Gasteiger partial charge in [0.25, 0.3) is 0 Å². The lowest BCUT2D eigenvalue weighted by atomic mass is 10.0. The van der Waals surface area contributed by atoms with Crippen LogP contribution in [0.5, 0.6) is 11.5 Å². The van der Waals surface area contributed by atoms with Gasteiger partial charge in [-0.3, -0.25) is 9.59 Å². The lowest BCUT2D eigenvalue weighted by molar-refractivity contribution is -0.122. The second-order valence-corrected chi connectivity index (χ2v) is 8.86. The van der Waals surface area contributed by atoms with Crippen molar-refractivity contribution in [1.29, 1.82) is 0 Å². The normalized spacial score (nSPS) is 12.3. The van der Waals surface area contributed by atoms with Crippen LogP contribution in [0.25, 0.3) is 10.8 Å². The van der Waals surface area contributed by atoms with Crippen LogP contribution in [-0.2, 0) is 9.59 Å². The fourth-order valence-electron chi connectivity index (χ4n) is 4.26. The molecular formula is C29H31N5O4. The van der Waals surface area contributed by atoms with E-state index >= 15 is 0 Å². The third kappa shape index (κ3) is 5.95. The van der Waals surface area contributed by atoms with Gasteiger partial charge in [-0.2, -0.15) is 0 Å². The summed E-state index contributed by atoms with van der Waals surface area (Å²) in [5.74, 6) is 1.11. The number of fused-ring (bicyclic) bond motifs is 1. The van der Waals surface area contributed by atoms with E-state index in [1.54, 1.807) is 38.6 Å². The number of pyridine rings is 1. The van der Waals surface area contributed by atoms with E-state index in [9.17, 15) is 9.59 Å². The largest absolute Gasteiger partial charge is 0.493 e. The number of nitrogen functional groups attached to an aromatic ring is 1. The summed E-state index contributed by atoms with van der Waals surface area (Å²) < 4.78 is 10.9. The van der Waals surface area contributed by atoms with Crippen LogP contribution in [0.3, 0.4) is 0 Å². The van der Waals surface area contributed by atoms with Crippen LogP contribution in [0.4, 0.5) is 17.2 Å². The molecule has 4 aromatic rings. The van der Waals surface area contributed by atoms with Crippen molar-refractivity contribution in [2.45, 2.75) is 25.9 Å². The summed E-state index contributed by atoms with van der Waals surface area (Å²) in [5, 5.41) is 11.0. The van der Waals surface area contributed by atoms with Crippen molar-refractivity contribution < 1.29 is 19.1 Å². The highest BCUT2D eigenvalue weighted by atomic mass is 16.5. The molecule has 3 aromatic carbocycles. The summed E-state index contributed by atoms with van der Waals surface area (Å²) in [5.41, 5.74) is 8.95. The Bertz CT molecular complexity index is 1470. The van der Waals surface area contributed by atoms with Crippen molar-refractivity contribution in [1.82, 2.24) is 10.3 Å². The van der Waals surface area contributed by atoms with Crippen LogP contribution in [0, 0.1) is 0 Å². The van der Waals surface area contributed by atoms with Crippen molar-refractivity contribution in [3.63, 3.8) is 0 Å². The minimum absolute atomic E-state index is 0.163. The Morgan fingerprint density at radius 2 is 1.68 bits per heavy atom. The van der Waals surface area contributed by atoms with Crippen LogP contribution >= 0.6 is 0 Å². The van der Waals surface area contributed by atoms with Crippen LogP contribution in [0.1, 0.15) is 37.1 Å². The summed E-state index contributed by atoms with van der Waals surface area (Å²) in [4.78, 5) is 29.3. The molecule has 4 rings (SSSR count). The number of hydrogen-bond donors (Lipinski definition) is 4. The molecule has 0 bridgehead atoms. The van der Waals surface area contributed by atoms with Crippen molar-refractivity contribution in [2.24, 2.45) is 0 Å². The smallest absolute Gasteiger partial charge is 0.247 e. The van der Waals surface area contributed by atoms with Crippen molar-refractivity contribution in [2.75, 3.05) is 30.6 Å². The zero-order valence-electron chi connectivity index (χ0n) is 21.7. The first-order valence-electron chi connectivity index (χ1n) is 12.1. The van der Waals surface area contributed by atoms with Gasteiger partial charge >= 0.3 is 0 Å². The molecule has 9 heteroatoms. The molecule has 0 aliphatic rings. The molecule has 1 aromatic heterocycles. The molecule has 0 fully saturated rings. The van der Waals surface area contributed by atoms with Crippen molar-refractivity contribution in [3.05, 3.63) is 84.1 Å². The van der Waals surface area contributed by atoms with E-state index in [1.807, 2.05) is 55.5 Å². The van der Waals surface area contributed by atoms with E-state index in [-0.39, 0.29) is 17.9 Å². The van der Waals surface area contributed by atoms with Gasteiger partial charge in [0.15, 0.2) is 11.5 Å². The monoisotopic (exact) mass is 513 g/mol. The summed E-state index contributed by atoms with van der Waals surface area (Å²) in [6.07, 6.45) is 1.65. The maximum atomic E-state index is 13.7. The number of hydrogen-bond acceptors (Lipinski definition) is 7. The van der Waals surface area contributed by atoms with E-state index in [0.717, 1.165) is 22.0 Å². The molecular weight excluding hydrogens is 482 g/mol. The molecule has 38 heavy (non-hydrogen) atoms. The Hall–Kier alpha value is -4.79. The van der Waals surface area contributed by atoms with Gasteiger partial charge in [-0.25, -0.2) is 4.98 Å². The van der Waals surface area contributed by atoms with Gasteiger partial charge < -0.3 is 31.2 Å².